The predicted octanol–water partition coefficient (Wildman–Crippen LogP) is 2.78. The van der Waals surface area contributed by atoms with Gasteiger partial charge < -0.3 is 15.3 Å². The smallest absolute Gasteiger partial charge is 0.255 e. The largest absolute Gasteiger partial charge is 0.394 e. The lowest BCUT2D eigenvalue weighted by Gasteiger charge is -2.37. The summed E-state index contributed by atoms with van der Waals surface area (Å²) < 4.78 is 0. The number of benzene rings is 1. The summed E-state index contributed by atoms with van der Waals surface area (Å²) >= 11 is 6.11. The van der Waals surface area contributed by atoms with Crippen molar-refractivity contribution in [2.24, 2.45) is 5.41 Å². The maximum absolute atomic E-state index is 12.7. The first-order valence-corrected chi connectivity index (χ1v) is 7.41. The molecule has 2 amide bonds. The molecular weight excluding hydrogens is 304 g/mol. The van der Waals surface area contributed by atoms with Crippen LogP contribution in [-0.4, -0.2) is 41.5 Å². The molecule has 0 spiro atoms. The van der Waals surface area contributed by atoms with Crippen LogP contribution in [0.3, 0.4) is 0 Å². The number of carbonyl (C=O) groups is 2. The number of nitrogens with one attached hydrogen (secondary N) is 1. The third-order valence-electron chi connectivity index (χ3n) is 3.48. The van der Waals surface area contributed by atoms with Crippen LogP contribution in [0.4, 0.5) is 5.69 Å². The van der Waals surface area contributed by atoms with Crippen LogP contribution < -0.4 is 5.32 Å². The van der Waals surface area contributed by atoms with E-state index in [0.29, 0.717) is 10.7 Å². The number of aliphatic hydroxyl groups excluding tert-OH is 1. The highest BCUT2D eigenvalue weighted by molar-refractivity contribution is 6.34. The van der Waals surface area contributed by atoms with E-state index < -0.39 is 0 Å². The number of likely N-dealkylation sites (N-methyl/N-ethyl adjacent to an activating group) is 1. The Bertz CT molecular complexity index is 567. The number of hydrogen-bond donors (Lipinski definition) is 2. The van der Waals surface area contributed by atoms with E-state index in [9.17, 15) is 14.7 Å². The molecule has 0 fully saturated rings. The van der Waals surface area contributed by atoms with E-state index in [0.717, 1.165) is 0 Å². The minimum absolute atomic E-state index is 0.144. The van der Waals surface area contributed by atoms with Crippen LogP contribution in [-0.2, 0) is 4.79 Å². The lowest BCUT2D eigenvalue weighted by atomic mass is 9.86. The average molecular weight is 327 g/mol. The fourth-order valence-electron chi connectivity index (χ4n) is 2.28. The molecule has 2 N–H and O–H groups in total. The van der Waals surface area contributed by atoms with Gasteiger partial charge in [0.2, 0.25) is 5.91 Å². The third-order valence-corrected chi connectivity index (χ3v) is 3.81. The number of carbonyl (C=O) groups excluding carboxylic acids is 2. The monoisotopic (exact) mass is 326 g/mol. The number of nitrogens with zero attached hydrogens (tertiary/aromatic N) is 1. The number of aliphatic hydroxyl groups is 1. The second-order valence-corrected chi connectivity index (χ2v) is 6.76. The van der Waals surface area contributed by atoms with E-state index in [1.165, 1.54) is 11.8 Å². The molecule has 0 aliphatic carbocycles. The summed E-state index contributed by atoms with van der Waals surface area (Å²) in [6, 6.07) is 4.40. The van der Waals surface area contributed by atoms with Crippen molar-refractivity contribution in [3.8, 4) is 0 Å². The molecule has 5 nitrogen and oxygen atoms in total. The molecule has 0 aliphatic rings. The lowest BCUT2D eigenvalue weighted by molar-refractivity contribution is -0.114. The molecule has 6 heteroatoms. The zero-order chi connectivity index (χ0) is 17.1. The first-order valence-electron chi connectivity index (χ1n) is 7.03. The average Bonchev–Trinajstić information content (AvgIpc) is 2.38. The van der Waals surface area contributed by atoms with Crippen molar-refractivity contribution < 1.29 is 14.7 Å². The normalized spacial score (nSPS) is 12.7. The van der Waals surface area contributed by atoms with E-state index >= 15 is 0 Å². The van der Waals surface area contributed by atoms with E-state index in [4.69, 9.17) is 11.6 Å². The second kappa shape index (κ2) is 7.11. The summed E-state index contributed by atoms with van der Waals surface area (Å²) in [6.45, 7) is 7.10. The third kappa shape index (κ3) is 4.45. The molecule has 0 radical (unpaired) electrons. The zero-order valence-electron chi connectivity index (χ0n) is 13.6. The van der Waals surface area contributed by atoms with Gasteiger partial charge in [-0.1, -0.05) is 32.4 Å². The van der Waals surface area contributed by atoms with Crippen molar-refractivity contribution in [1.82, 2.24) is 4.90 Å². The molecule has 0 saturated carbocycles. The maximum atomic E-state index is 12.7. The highest BCUT2D eigenvalue weighted by Gasteiger charge is 2.31. The topological polar surface area (TPSA) is 69.6 Å². The standard InChI is InChI=1S/C16H23ClN2O3/c1-10(21)18-11-6-7-13(17)12(8-11)15(22)19(5)14(9-20)16(2,3)4/h6-8,14,20H,9H2,1-5H3,(H,18,21)/t14-/m1/s1. The number of hydrogen-bond acceptors (Lipinski definition) is 3. The molecule has 0 saturated heterocycles. The van der Waals surface area contributed by atoms with Gasteiger partial charge in [-0.25, -0.2) is 0 Å². The fraction of sp³-hybridized carbons (Fsp3) is 0.500. The van der Waals surface area contributed by atoms with Crippen LogP contribution in [0.2, 0.25) is 5.02 Å². The molecule has 122 valence electrons. The highest BCUT2D eigenvalue weighted by atomic mass is 35.5. The Labute approximate surface area is 136 Å². The molecule has 0 aromatic heterocycles. The van der Waals surface area contributed by atoms with Crippen LogP contribution in [0.1, 0.15) is 38.1 Å². The van der Waals surface area contributed by atoms with Gasteiger partial charge in [-0.2, -0.15) is 0 Å². The molecule has 0 aliphatic heterocycles. The second-order valence-electron chi connectivity index (χ2n) is 6.36. The zero-order valence-corrected chi connectivity index (χ0v) is 14.4. The van der Waals surface area contributed by atoms with E-state index in [-0.39, 0.29) is 35.4 Å². The molecule has 1 atom stereocenters. The molecular formula is C16H23ClN2O3. The summed E-state index contributed by atoms with van der Waals surface area (Å²) in [6.07, 6.45) is 0. The Balaban J connectivity index is 3.13. The van der Waals surface area contributed by atoms with E-state index in [1.54, 1.807) is 25.2 Å². The Morgan fingerprint density at radius 1 is 1.36 bits per heavy atom. The highest BCUT2D eigenvalue weighted by Crippen LogP contribution is 2.27. The molecule has 1 aromatic carbocycles. The predicted molar refractivity (Wildman–Crippen MR) is 88.2 cm³/mol. The van der Waals surface area contributed by atoms with Crippen LogP contribution in [0.15, 0.2) is 18.2 Å². The van der Waals surface area contributed by atoms with E-state index in [1.807, 2.05) is 20.8 Å². The molecule has 1 aromatic rings. The molecule has 0 heterocycles. The summed E-state index contributed by atoms with van der Waals surface area (Å²) in [4.78, 5) is 25.3. The molecule has 0 bridgehead atoms. The van der Waals surface area contributed by atoms with Gasteiger partial charge >= 0.3 is 0 Å². The molecule has 22 heavy (non-hydrogen) atoms. The van der Waals surface area contributed by atoms with E-state index in [2.05, 4.69) is 5.32 Å². The van der Waals surface area contributed by atoms with Gasteiger partial charge in [0.1, 0.15) is 0 Å². The number of rotatable bonds is 4. The Morgan fingerprint density at radius 3 is 2.41 bits per heavy atom. The molecule has 0 unspecified atom stereocenters. The number of halogens is 1. The summed E-state index contributed by atoms with van der Waals surface area (Å²) in [7, 11) is 1.63. The summed E-state index contributed by atoms with van der Waals surface area (Å²) in [5, 5.41) is 12.5. The minimum Gasteiger partial charge on any atom is -0.394 e. The van der Waals surface area contributed by atoms with Crippen molar-refractivity contribution in [1.29, 1.82) is 0 Å². The van der Waals surface area contributed by atoms with Crippen molar-refractivity contribution in [3.63, 3.8) is 0 Å². The lowest BCUT2D eigenvalue weighted by Crippen LogP contribution is -2.47. The first-order chi connectivity index (χ1) is 10.1. The van der Waals surface area contributed by atoms with Gasteiger partial charge in [-0.3, -0.25) is 9.59 Å². The van der Waals surface area contributed by atoms with Gasteiger partial charge in [-0.15, -0.1) is 0 Å². The maximum Gasteiger partial charge on any atom is 0.255 e. The van der Waals surface area contributed by atoms with Crippen LogP contribution in [0, 0.1) is 5.41 Å². The van der Waals surface area contributed by atoms with Gasteiger partial charge in [-0.05, 0) is 23.6 Å². The van der Waals surface area contributed by atoms with Gasteiger partial charge in [0.25, 0.3) is 5.91 Å². The molecule has 1 rings (SSSR count). The van der Waals surface area contributed by atoms with Gasteiger partial charge in [0, 0.05) is 19.7 Å². The Hall–Kier alpha value is -1.59. The SMILES string of the molecule is CC(=O)Nc1ccc(Cl)c(C(=O)N(C)[C@H](CO)C(C)(C)C)c1. The van der Waals surface area contributed by atoms with Crippen molar-refractivity contribution in [3.05, 3.63) is 28.8 Å². The summed E-state index contributed by atoms with van der Waals surface area (Å²) in [5.41, 5.74) is 0.518. The van der Waals surface area contributed by atoms with Crippen molar-refractivity contribution in [2.45, 2.75) is 33.7 Å². The van der Waals surface area contributed by atoms with Crippen LogP contribution in [0.25, 0.3) is 0 Å². The summed E-state index contributed by atoms with van der Waals surface area (Å²) in [5.74, 6) is -0.525. The number of anilines is 1. The van der Waals surface area contributed by atoms with Crippen LogP contribution >= 0.6 is 11.6 Å². The van der Waals surface area contributed by atoms with Crippen molar-refractivity contribution >= 4 is 29.1 Å². The quantitative estimate of drug-likeness (QED) is 0.894. The van der Waals surface area contributed by atoms with Gasteiger partial charge in [0.05, 0.1) is 23.2 Å². The Morgan fingerprint density at radius 2 is 1.95 bits per heavy atom. The number of amides is 2. The van der Waals surface area contributed by atoms with Gasteiger partial charge in [0.15, 0.2) is 0 Å². The Kier molecular flexibility index (Phi) is 5.97. The van der Waals surface area contributed by atoms with Crippen molar-refractivity contribution in [2.75, 3.05) is 19.0 Å². The van der Waals surface area contributed by atoms with Crippen LogP contribution in [0.5, 0.6) is 0 Å². The minimum atomic E-state index is -0.347. The first kappa shape index (κ1) is 18.5. The fourth-order valence-corrected chi connectivity index (χ4v) is 2.48.